The van der Waals surface area contributed by atoms with Crippen molar-refractivity contribution in [1.82, 2.24) is 14.3 Å². The van der Waals surface area contributed by atoms with Crippen LogP contribution in [0.15, 0.2) is 30.3 Å². The zero-order valence-electron chi connectivity index (χ0n) is 12.8. The SMILES string of the molecule is Cc1ccc2c(N)nsc2c1-c1ccc2nc(N)nc(C)c2c1. The van der Waals surface area contributed by atoms with E-state index in [1.54, 1.807) is 0 Å². The summed E-state index contributed by atoms with van der Waals surface area (Å²) in [7, 11) is 0. The molecule has 23 heavy (non-hydrogen) atoms. The topological polar surface area (TPSA) is 90.7 Å². The molecule has 0 radical (unpaired) electrons. The van der Waals surface area contributed by atoms with Crippen molar-refractivity contribution in [1.29, 1.82) is 0 Å². The molecule has 5 nitrogen and oxygen atoms in total. The molecular formula is C17H15N5S. The number of aryl methyl sites for hydroxylation is 2. The number of benzene rings is 2. The van der Waals surface area contributed by atoms with Crippen LogP contribution in [-0.2, 0) is 0 Å². The number of fused-ring (bicyclic) bond motifs is 2. The normalized spacial score (nSPS) is 11.4. The largest absolute Gasteiger partial charge is 0.382 e. The van der Waals surface area contributed by atoms with Gasteiger partial charge in [0.25, 0.3) is 0 Å². The van der Waals surface area contributed by atoms with E-state index in [-0.39, 0.29) is 0 Å². The second-order valence-corrected chi connectivity index (χ2v) is 6.37. The molecule has 0 spiro atoms. The van der Waals surface area contributed by atoms with Gasteiger partial charge in [0.2, 0.25) is 5.95 Å². The molecule has 2 aromatic carbocycles. The third kappa shape index (κ3) is 2.10. The molecule has 4 rings (SSSR count). The zero-order valence-corrected chi connectivity index (χ0v) is 13.6. The van der Waals surface area contributed by atoms with Crippen molar-refractivity contribution in [2.45, 2.75) is 13.8 Å². The van der Waals surface area contributed by atoms with Gasteiger partial charge < -0.3 is 11.5 Å². The molecule has 114 valence electrons. The van der Waals surface area contributed by atoms with Crippen LogP contribution in [0.2, 0.25) is 0 Å². The number of nitrogen functional groups attached to an aromatic ring is 2. The summed E-state index contributed by atoms with van der Waals surface area (Å²) >= 11 is 1.44. The quantitative estimate of drug-likeness (QED) is 0.558. The zero-order chi connectivity index (χ0) is 16.1. The van der Waals surface area contributed by atoms with Gasteiger partial charge in [-0.2, -0.15) is 4.37 Å². The van der Waals surface area contributed by atoms with Crippen LogP contribution in [0.4, 0.5) is 11.8 Å². The summed E-state index contributed by atoms with van der Waals surface area (Å²) in [6.07, 6.45) is 0. The van der Waals surface area contributed by atoms with Crippen LogP contribution in [0.3, 0.4) is 0 Å². The number of rotatable bonds is 1. The molecule has 0 saturated carbocycles. The van der Waals surface area contributed by atoms with Crippen LogP contribution in [0.5, 0.6) is 0 Å². The molecule has 4 N–H and O–H groups in total. The lowest BCUT2D eigenvalue weighted by Crippen LogP contribution is -1.98. The van der Waals surface area contributed by atoms with Crippen molar-refractivity contribution in [3.05, 3.63) is 41.6 Å². The fourth-order valence-corrected chi connectivity index (χ4v) is 3.87. The molecule has 0 aliphatic heterocycles. The Bertz CT molecular complexity index is 1070. The van der Waals surface area contributed by atoms with E-state index in [9.17, 15) is 0 Å². The van der Waals surface area contributed by atoms with Crippen LogP contribution >= 0.6 is 11.5 Å². The van der Waals surface area contributed by atoms with Gasteiger partial charge in [0.05, 0.1) is 15.9 Å². The van der Waals surface area contributed by atoms with E-state index in [0.29, 0.717) is 11.8 Å². The molecule has 4 aromatic rings. The van der Waals surface area contributed by atoms with Gasteiger partial charge in [-0.15, -0.1) is 0 Å². The van der Waals surface area contributed by atoms with Crippen LogP contribution in [-0.4, -0.2) is 14.3 Å². The van der Waals surface area contributed by atoms with Gasteiger partial charge in [-0.05, 0) is 54.7 Å². The second-order valence-electron chi connectivity index (χ2n) is 5.60. The van der Waals surface area contributed by atoms with E-state index >= 15 is 0 Å². The highest BCUT2D eigenvalue weighted by molar-refractivity contribution is 7.14. The predicted molar refractivity (Wildman–Crippen MR) is 96.5 cm³/mol. The maximum absolute atomic E-state index is 5.97. The first kappa shape index (κ1) is 13.9. The molecule has 0 fully saturated rings. The van der Waals surface area contributed by atoms with E-state index < -0.39 is 0 Å². The van der Waals surface area contributed by atoms with E-state index in [1.807, 2.05) is 19.1 Å². The lowest BCUT2D eigenvalue weighted by Gasteiger charge is -2.10. The maximum Gasteiger partial charge on any atom is 0.220 e. The van der Waals surface area contributed by atoms with Crippen molar-refractivity contribution in [2.24, 2.45) is 0 Å². The lowest BCUT2D eigenvalue weighted by molar-refractivity contribution is 1.17. The molecular weight excluding hydrogens is 306 g/mol. The van der Waals surface area contributed by atoms with Gasteiger partial charge in [0.15, 0.2) is 0 Å². The number of anilines is 2. The number of nitrogens with two attached hydrogens (primary N) is 2. The number of aromatic nitrogens is 3. The predicted octanol–water partition coefficient (Wildman–Crippen LogP) is 3.69. The summed E-state index contributed by atoms with van der Waals surface area (Å²) in [5.74, 6) is 0.885. The summed E-state index contributed by atoms with van der Waals surface area (Å²) in [6, 6.07) is 10.3. The van der Waals surface area contributed by atoms with Gasteiger partial charge in [-0.3, -0.25) is 0 Å². The van der Waals surface area contributed by atoms with Gasteiger partial charge in [0, 0.05) is 16.3 Å². The minimum atomic E-state index is 0.302. The number of hydrogen-bond donors (Lipinski definition) is 2. The van der Waals surface area contributed by atoms with E-state index in [4.69, 9.17) is 11.5 Å². The first-order valence-electron chi connectivity index (χ1n) is 7.23. The summed E-state index contributed by atoms with van der Waals surface area (Å²) < 4.78 is 5.40. The first-order valence-corrected chi connectivity index (χ1v) is 8.00. The number of hydrogen-bond acceptors (Lipinski definition) is 6. The van der Waals surface area contributed by atoms with Crippen molar-refractivity contribution in [3.63, 3.8) is 0 Å². The molecule has 2 aromatic heterocycles. The Labute approximate surface area is 137 Å². The summed E-state index contributed by atoms with van der Waals surface area (Å²) in [5.41, 5.74) is 16.9. The molecule has 0 saturated heterocycles. The molecule has 0 amide bonds. The van der Waals surface area contributed by atoms with Crippen LogP contribution in [0.1, 0.15) is 11.3 Å². The van der Waals surface area contributed by atoms with Gasteiger partial charge in [-0.25, -0.2) is 9.97 Å². The summed E-state index contributed by atoms with van der Waals surface area (Å²) in [4.78, 5) is 8.56. The first-order chi connectivity index (χ1) is 11.0. The van der Waals surface area contributed by atoms with Crippen molar-refractivity contribution in [3.8, 4) is 11.1 Å². The van der Waals surface area contributed by atoms with Crippen LogP contribution in [0.25, 0.3) is 32.1 Å². The highest BCUT2D eigenvalue weighted by Crippen LogP contribution is 2.37. The lowest BCUT2D eigenvalue weighted by atomic mass is 9.97. The average Bonchev–Trinajstić information content (AvgIpc) is 2.88. The monoisotopic (exact) mass is 321 g/mol. The van der Waals surface area contributed by atoms with E-state index in [0.717, 1.165) is 37.8 Å². The van der Waals surface area contributed by atoms with Crippen molar-refractivity contribution < 1.29 is 0 Å². The summed E-state index contributed by atoms with van der Waals surface area (Å²) in [5, 5.41) is 2.01. The molecule has 0 bridgehead atoms. The third-order valence-corrected chi connectivity index (χ3v) is 4.96. The van der Waals surface area contributed by atoms with Gasteiger partial charge in [0.1, 0.15) is 5.82 Å². The number of nitrogens with zero attached hydrogens (tertiary/aromatic N) is 3. The van der Waals surface area contributed by atoms with E-state index in [1.165, 1.54) is 17.1 Å². The minimum Gasteiger partial charge on any atom is -0.382 e. The second kappa shape index (κ2) is 4.89. The van der Waals surface area contributed by atoms with Gasteiger partial charge >= 0.3 is 0 Å². The Morgan fingerprint density at radius 2 is 1.78 bits per heavy atom. The van der Waals surface area contributed by atoms with Crippen LogP contribution in [0, 0.1) is 13.8 Å². The fourth-order valence-electron chi connectivity index (χ4n) is 2.94. The van der Waals surface area contributed by atoms with Gasteiger partial charge in [-0.1, -0.05) is 12.1 Å². The Balaban J connectivity index is 2.05. The standard InChI is InChI=1S/C17H15N5S/c1-8-3-5-11-15(23-22-16(11)18)14(8)10-4-6-13-12(7-10)9(2)20-17(19)21-13/h3-7H,1-2H3,(H2,18,22)(H2,19,20,21). The highest BCUT2D eigenvalue weighted by Gasteiger charge is 2.13. The average molecular weight is 321 g/mol. The Kier molecular flexibility index (Phi) is 2.96. The fraction of sp³-hybridized carbons (Fsp3) is 0.118. The van der Waals surface area contributed by atoms with Crippen LogP contribution < -0.4 is 11.5 Å². The molecule has 0 atom stereocenters. The highest BCUT2D eigenvalue weighted by atomic mass is 32.1. The molecule has 0 aliphatic carbocycles. The van der Waals surface area contributed by atoms with Crippen molar-refractivity contribution >= 4 is 44.3 Å². The third-order valence-electron chi connectivity index (χ3n) is 4.07. The molecule has 2 heterocycles. The summed E-state index contributed by atoms with van der Waals surface area (Å²) in [6.45, 7) is 4.05. The Morgan fingerprint density at radius 3 is 2.61 bits per heavy atom. The minimum absolute atomic E-state index is 0.302. The molecule has 6 heteroatoms. The van der Waals surface area contributed by atoms with Crippen molar-refractivity contribution in [2.75, 3.05) is 11.5 Å². The Hall–Kier alpha value is -2.73. The maximum atomic E-state index is 5.97. The molecule has 0 unspecified atom stereocenters. The molecule has 0 aliphatic rings. The smallest absolute Gasteiger partial charge is 0.220 e. The van der Waals surface area contributed by atoms with E-state index in [2.05, 4.69) is 39.5 Å². The Morgan fingerprint density at radius 1 is 0.957 bits per heavy atom.